The maximum atomic E-state index is 13.4. The lowest BCUT2D eigenvalue weighted by molar-refractivity contribution is -0.230. The van der Waals surface area contributed by atoms with Gasteiger partial charge in [0.1, 0.15) is 5.78 Å². The molecule has 1 aliphatic heterocycles. The van der Waals surface area contributed by atoms with Crippen LogP contribution >= 0.6 is 0 Å². The van der Waals surface area contributed by atoms with Crippen LogP contribution in [0, 0.1) is 56.2 Å². The van der Waals surface area contributed by atoms with Crippen LogP contribution in [0.3, 0.4) is 0 Å². The first-order valence-electron chi connectivity index (χ1n) is 14.0. The summed E-state index contributed by atoms with van der Waals surface area (Å²) in [6.07, 6.45) is 10.0. The van der Waals surface area contributed by atoms with Crippen LogP contribution in [0.15, 0.2) is 5.11 Å². The summed E-state index contributed by atoms with van der Waals surface area (Å²) in [6.45, 7) is 17.9. The van der Waals surface area contributed by atoms with Crippen LogP contribution in [0.2, 0.25) is 0 Å². The van der Waals surface area contributed by atoms with Gasteiger partial charge in [-0.15, -0.1) is 0 Å². The van der Waals surface area contributed by atoms with E-state index >= 15 is 0 Å². The molecule has 6 rings (SSSR count). The van der Waals surface area contributed by atoms with Crippen molar-refractivity contribution in [2.24, 2.45) is 61.3 Å². The second kappa shape index (κ2) is 6.62. The molecule has 6 fully saturated rings. The van der Waals surface area contributed by atoms with E-state index in [2.05, 4.69) is 58.5 Å². The Kier molecular flexibility index (Phi) is 4.55. The van der Waals surface area contributed by atoms with Crippen molar-refractivity contribution in [2.75, 3.05) is 6.61 Å². The minimum absolute atomic E-state index is 0.0385. The minimum atomic E-state index is -0.511. The van der Waals surface area contributed by atoms with Crippen LogP contribution in [0.4, 0.5) is 0 Å². The largest absolute Gasteiger partial charge is 0.377 e. The molecule has 0 radical (unpaired) electrons. The van der Waals surface area contributed by atoms with Gasteiger partial charge in [-0.3, -0.25) is 4.79 Å². The van der Waals surface area contributed by atoms with Gasteiger partial charge < -0.3 is 4.74 Å². The van der Waals surface area contributed by atoms with Crippen molar-refractivity contribution in [3.8, 4) is 0 Å². The summed E-state index contributed by atoms with van der Waals surface area (Å²) in [4.78, 5) is 16.5. The van der Waals surface area contributed by atoms with Crippen LogP contribution in [0.5, 0.6) is 0 Å². The number of ether oxygens (including phenoxy) is 1. The number of hydrogen-bond acceptors (Lipinski definition) is 3. The summed E-state index contributed by atoms with van der Waals surface area (Å²) in [5.41, 5.74) is 10.1. The molecule has 6 aliphatic rings. The fourth-order valence-electron chi connectivity index (χ4n) is 12.3. The van der Waals surface area contributed by atoms with Gasteiger partial charge in [0.15, 0.2) is 0 Å². The Balaban J connectivity index is 1.41. The van der Waals surface area contributed by atoms with Gasteiger partial charge in [-0.2, -0.15) is 0 Å². The summed E-state index contributed by atoms with van der Waals surface area (Å²) in [5, 5.41) is 4.06. The molecule has 0 N–H and O–H groups in total. The number of nitrogens with zero attached hydrogens (tertiary/aromatic N) is 3. The number of fused-ring (bicyclic) bond motifs is 5. The van der Waals surface area contributed by atoms with Gasteiger partial charge in [-0.25, -0.2) is 0 Å². The third-order valence-corrected chi connectivity index (χ3v) is 13.6. The first-order valence-corrected chi connectivity index (χ1v) is 14.0. The van der Waals surface area contributed by atoms with E-state index in [1.165, 1.54) is 38.5 Å². The second-order valence-electron chi connectivity index (χ2n) is 15.5. The summed E-state index contributed by atoms with van der Waals surface area (Å²) >= 11 is 0. The highest BCUT2D eigenvalue weighted by Gasteiger charge is 2.74. The molecule has 5 nitrogen and oxygen atoms in total. The number of azide groups is 1. The molecule has 5 saturated carbocycles. The van der Waals surface area contributed by atoms with Gasteiger partial charge in [-0.05, 0) is 108 Å². The van der Waals surface area contributed by atoms with Crippen molar-refractivity contribution in [2.45, 2.75) is 112 Å². The number of carbonyl (C=O) groups is 1. The zero-order valence-electron chi connectivity index (χ0n) is 22.5. The Morgan fingerprint density at radius 3 is 2.35 bits per heavy atom. The fourth-order valence-corrected chi connectivity index (χ4v) is 12.3. The standard InChI is InChI=1S/C29H45N3O2/c1-24(2)15-29-13-12-27(6)17(21(29)23(24)34-16-29)8-9-20-26(5)14-18(31-32-30)22(33)25(3,4)19(26)10-11-28(20,27)7/h17-21,23H,8-16H2,1-7H3/t17-,18?,19+,20-,21+,23?,26+,27-,28-,29+/m1/s1. The third kappa shape index (κ3) is 2.47. The smallest absolute Gasteiger partial charge is 0.147 e. The molecule has 0 spiro atoms. The molecule has 0 aromatic carbocycles. The van der Waals surface area contributed by atoms with Gasteiger partial charge in [0.05, 0.1) is 18.8 Å². The number of ketones is 1. The molecular formula is C29H45N3O2. The van der Waals surface area contributed by atoms with Crippen molar-refractivity contribution >= 4 is 5.78 Å². The highest BCUT2D eigenvalue weighted by Crippen LogP contribution is 2.78. The molecular weight excluding hydrogens is 422 g/mol. The highest BCUT2D eigenvalue weighted by molar-refractivity contribution is 5.90. The van der Waals surface area contributed by atoms with Crippen molar-refractivity contribution < 1.29 is 9.53 Å². The average molecular weight is 468 g/mol. The molecule has 0 amide bonds. The summed E-state index contributed by atoms with van der Waals surface area (Å²) in [7, 11) is 0. The molecule has 1 heterocycles. The van der Waals surface area contributed by atoms with E-state index < -0.39 is 11.5 Å². The monoisotopic (exact) mass is 467 g/mol. The molecule has 2 bridgehead atoms. The lowest BCUT2D eigenvalue weighted by atomic mass is 9.32. The summed E-state index contributed by atoms with van der Waals surface area (Å²) in [5.74, 6) is 2.56. The molecule has 0 aromatic rings. The Morgan fingerprint density at radius 2 is 1.68 bits per heavy atom. The zero-order chi connectivity index (χ0) is 24.5. The van der Waals surface area contributed by atoms with Crippen molar-refractivity contribution in [3.63, 3.8) is 0 Å². The Morgan fingerprint density at radius 1 is 0.941 bits per heavy atom. The van der Waals surface area contributed by atoms with E-state index in [4.69, 9.17) is 4.74 Å². The van der Waals surface area contributed by atoms with Crippen molar-refractivity contribution in [3.05, 3.63) is 10.4 Å². The van der Waals surface area contributed by atoms with Gasteiger partial charge in [0.25, 0.3) is 0 Å². The fraction of sp³-hybridized carbons (Fsp3) is 0.966. The van der Waals surface area contributed by atoms with E-state index in [0.717, 1.165) is 25.4 Å². The first-order chi connectivity index (χ1) is 15.8. The van der Waals surface area contributed by atoms with E-state index in [9.17, 15) is 10.3 Å². The summed E-state index contributed by atoms with van der Waals surface area (Å²) in [6, 6.07) is -0.511. The molecule has 0 aromatic heterocycles. The van der Waals surface area contributed by atoms with Gasteiger partial charge in [-0.1, -0.05) is 53.6 Å². The number of hydrogen-bond donors (Lipinski definition) is 0. The Labute approximate surface area is 205 Å². The number of Topliss-reactive ketones (excluding diaryl/α,β-unsaturated/α-hetero) is 1. The predicted molar refractivity (Wildman–Crippen MR) is 133 cm³/mol. The van der Waals surface area contributed by atoms with Gasteiger partial charge in [0.2, 0.25) is 0 Å². The molecule has 5 heteroatoms. The normalized spacial score (nSPS) is 56.5. The topological polar surface area (TPSA) is 75.1 Å². The molecule has 1 saturated heterocycles. The van der Waals surface area contributed by atoms with Gasteiger partial charge in [0, 0.05) is 10.3 Å². The number of carbonyl (C=O) groups excluding carboxylic acids is 1. The summed E-state index contributed by atoms with van der Waals surface area (Å²) < 4.78 is 6.57. The van der Waals surface area contributed by atoms with Crippen molar-refractivity contribution in [1.29, 1.82) is 0 Å². The quantitative estimate of drug-likeness (QED) is 0.230. The predicted octanol–water partition coefficient (Wildman–Crippen LogP) is 7.34. The third-order valence-electron chi connectivity index (χ3n) is 13.6. The van der Waals surface area contributed by atoms with Crippen LogP contribution < -0.4 is 0 Å². The van der Waals surface area contributed by atoms with E-state index in [0.29, 0.717) is 40.1 Å². The molecule has 10 atom stereocenters. The maximum Gasteiger partial charge on any atom is 0.147 e. The van der Waals surface area contributed by atoms with Crippen LogP contribution in [0.25, 0.3) is 10.4 Å². The Bertz CT molecular complexity index is 984. The average Bonchev–Trinajstić information content (AvgIpc) is 3.22. The van der Waals surface area contributed by atoms with E-state index in [1.54, 1.807) is 0 Å². The number of rotatable bonds is 1. The lowest BCUT2D eigenvalue weighted by Gasteiger charge is -2.72. The van der Waals surface area contributed by atoms with E-state index in [-0.39, 0.29) is 16.6 Å². The van der Waals surface area contributed by atoms with Crippen molar-refractivity contribution in [1.82, 2.24) is 0 Å². The molecule has 34 heavy (non-hydrogen) atoms. The molecule has 188 valence electrons. The SMILES string of the molecule is CC1(C)C[C@]23CC[C@]4(C)[C@H](CC[C@@H]5[C@@]6(C)CC(N=[N+]=[N-])C(=O)C(C)(C)[C@@H]6CC[C@]54C)[C@H]2C1OC3. The van der Waals surface area contributed by atoms with Gasteiger partial charge >= 0.3 is 0 Å². The lowest BCUT2D eigenvalue weighted by Crippen LogP contribution is -2.67. The molecule has 2 unspecified atom stereocenters. The van der Waals surface area contributed by atoms with E-state index in [1.807, 2.05) is 0 Å². The zero-order valence-corrected chi connectivity index (χ0v) is 22.5. The van der Waals surface area contributed by atoms with Crippen LogP contribution in [-0.4, -0.2) is 24.5 Å². The maximum absolute atomic E-state index is 13.4. The second-order valence-corrected chi connectivity index (χ2v) is 15.5. The Hall–Kier alpha value is -1.06. The minimum Gasteiger partial charge on any atom is -0.377 e. The first kappa shape index (κ1) is 23.3. The highest BCUT2D eigenvalue weighted by atomic mass is 16.5. The molecule has 5 aliphatic carbocycles. The van der Waals surface area contributed by atoms with Crippen LogP contribution in [0.1, 0.15) is 99.8 Å². The van der Waals surface area contributed by atoms with Crippen LogP contribution in [-0.2, 0) is 9.53 Å².